The molecule has 0 radical (unpaired) electrons. The summed E-state index contributed by atoms with van der Waals surface area (Å²) in [6.45, 7) is 4.03. The molecule has 0 spiro atoms. The first-order valence-corrected chi connectivity index (χ1v) is 14.2. The minimum atomic E-state index is -1.98. The van der Waals surface area contributed by atoms with Crippen LogP contribution in [-0.4, -0.2) is 60.1 Å². The molecular weight excluding hydrogens is 596 g/mol. The van der Waals surface area contributed by atoms with Crippen molar-refractivity contribution in [2.45, 2.75) is 52.1 Å². The Hall–Kier alpha value is -5.78. The lowest BCUT2D eigenvalue weighted by Crippen LogP contribution is -2.57. The lowest BCUT2D eigenvalue weighted by atomic mass is 9.99. The molecule has 0 saturated heterocycles. The van der Waals surface area contributed by atoms with Crippen molar-refractivity contribution in [3.63, 3.8) is 0 Å². The van der Waals surface area contributed by atoms with E-state index in [9.17, 15) is 28.8 Å². The fourth-order valence-corrected chi connectivity index (χ4v) is 4.96. The molecule has 4 aromatic rings. The number of hydrogen-bond acceptors (Lipinski definition) is 10. The number of hydrogen-bond donors (Lipinski definition) is 2. The van der Waals surface area contributed by atoms with Gasteiger partial charge < -0.3 is 29.6 Å². The van der Waals surface area contributed by atoms with Gasteiger partial charge in [-0.15, -0.1) is 0 Å². The molecule has 2 amide bonds. The van der Waals surface area contributed by atoms with Gasteiger partial charge in [0.15, 0.2) is 12.2 Å². The molecule has 0 aliphatic carbocycles. The monoisotopic (exact) mass is 628 g/mol. The molecule has 2 N–H and O–H groups in total. The zero-order valence-corrected chi connectivity index (χ0v) is 25.5. The summed E-state index contributed by atoms with van der Waals surface area (Å²) in [6.07, 6.45) is -7.87. The predicted octanol–water partition coefficient (Wildman–Crippen LogP) is 4.30. The third-order valence-corrected chi connectivity index (χ3v) is 6.72. The first-order valence-electron chi connectivity index (χ1n) is 14.2. The van der Waals surface area contributed by atoms with Crippen LogP contribution in [-0.2, 0) is 47.7 Å². The molecule has 0 fully saturated rings. The van der Waals surface area contributed by atoms with Crippen LogP contribution in [0.1, 0.15) is 27.7 Å². The zero-order valence-electron chi connectivity index (χ0n) is 25.5. The molecule has 0 aromatic heterocycles. The molecule has 0 aliphatic heterocycles. The van der Waals surface area contributed by atoms with Crippen LogP contribution in [0.2, 0.25) is 0 Å². The fraction of sp³-hybridized carbons (Fsp3) is 0.235. The Balaban J connectivity index is 1.78. The van der Waals surface area contributed by atoms with Gasteiger partial charge in [-0.3, -0.25) is 28.8 Å². The number of anilines is 2. The quantitative estimate of drug-likeness (QED) is 0.181. The Morgan fingerprint density at radius 3 is 1.13 bits per heavy atom. The van der Waals surface area contributed by atoms with Crippen molar-refractivity contribution < 1.29 is 47.7 Å². The summed E-state index contributed by atoms with van der Waals surface area (Å²) in [5.41, 5.74) is 0.659. The number of fused-ring (bicyclic) bond motifs is 2. The van der Waals surface area contributed by atoms with Gasteiger partial charge in [0.05, 0.1) is 0 Å². The summed E-state index contributed by atoms with van der Waals surface area (Å²) >= 11 is 0. The van der Waals surface area contributed by atoms with Gasteiger partial charge in [-0.1, -0.05) is 72.8 Å². The molecule has 46 heavy (non-hydrogen) atoms. The van der Waals surface area contributed by atoms with E-state index >= 15 is 0 Å². The molecule has 0 saturated carbocycles. The van der Waals surface area contributed by atoms with Crippen LogP contribution in [0.5, 0.6) is 0 Å². The molecule has 0 unspecified atom stereocenters. The van der Waals surface area contributed by atoms with E-state index in [2.05, 4.69) is 10.6 Å². The summed E-state index contributed by atoms with van der Waals surface area (Å²) in [4.78, 5) is 77.0. The lowest BCUT2D eigenvalue weighted by Gasteiger charge is -2.34. The topological polar surface area (TPSA) is 163 Å². The first kappa shape index (κ1) is 33.1. The zero-order chi connectivity index (χ0) is 33.4. The number of rotatable bonds is 11. The highest BCUT2D eigenvalue weighted by molar-refractivity contribution is 6.06. The van der Waals surface area contributed by atoms with Gasteiger partial charge in [0.25, 0.3) is 11.8 Å². The Labute approximate surface area is 263 Å². The Kier molecular flexibility index (Phi) is 10.7. The van der Waals surface area contributed by atoms with E-state index in [4.69, 9.17) is 18.9 Å². The SMILES string of the molecule is CC(=O)O[C@@H]([C@H](OC(C)=O)[C@@H](OC(C)=O)C(=O)Nc1cccc2ccccc12)[C@H](OC(C)=O)C(=O)Nc1cccc2ccccc12. The van der Waals surface area contributed by atoms with Crippen LogP contribution in [0.25, 0.3) is 21.5 Å². The van der Waals surface area contributed by atoms with Crippen LogP contribution in [0.3, 0.4) is 0 Å². The van der Waals surface area contributed by atoms with Crippen molar-refractivity contribution in [2.75, 3.05) is 10.6 Å². The maximum absolute atomic E-state index is 13.8. The van der Waals surface area contributed by atoms with Crippen molar-refractivity contribution in [3.05, 3.63) is 84.9 Å². The largest absolute Gasteiger partial charge is 0.454 e. The molecule has 12 heteroatoms. The highest BCUT2D eigenvalue weighted by atomic mass is 16.6. The number of nitrogens with one attached hydrogen (secondary N) is 2. The highest BCUT2D eigenvalue weighted by Crippen LogP contribution is 2.27. The second kappa shape index (κ2) is 14.8. The summed E-state index contributed by atoms with van der Waals surface area (Å²) < 4.78 is 21.5. The average Bonchev–Trinajstić information content (AvgIpc) is 3.00. The van der Waals surface area contributed by atoms with Crippen molar-refractivity contribution in [2.24, 2.45) is 0 Å². The van der Waals surface area contributed by atoms with Crippen molar-refractivity contribution in [1.82, 2.24) is 0 Å². The van der Waals surface area contributed by atoms with E-state index in [-0.39, 0.29) is 0 Å². The standard InChI is InChI=1S/C34H32N2O10/c1-19(37)43-29(31(45-21(3)39)33(41)35-27-17-9-13-23-11-5-7-15-25(23)27)30(44-20(2)38)32(46-22(4)40)34(42)36-28-18-10-14-24-12-6-8-16-26(24)28/h5-18,29-32H,1-4H3,(H,35,41)(H,36,42)/t29-,30-,31-,32+/m0/s1. The number of amides is 2. The minimum absolute atomic E-state index is 0.330. The number of carbonyl (C=O) groups excluding carboxylic acids is 6. The lowest BCUT2D eigenvalue weighted by molar-refractivity contribution is -0.198. The summed E-state index contributed by atoms with van der Waals surface area (Å²) in [5.74, 6) is -5.83. The van der Waals surface area contributed by atoms with E-state index < -0.39 is 60.1 Å². The van der Waals surface area contributed by atoms with E-state index in [0.29, 0.717) is 22.1 Å². The van der Waals surface area contributed by atoms with E-state index in [1.807, 2.05) is 36.4 Å². The molecule has 4 rings (SSSR count). The number of ether oxygens (including phenoxy) is 4. The number of benzene rings is 4. The highest BCUT2D eigenvalue weighted by Gasteiger charge is 2.49. The molecule has 0 aliphatic rings. The molecule has 0 heterocycles. The summed E-state index contributed by atoms with van der Waals surface area (Å²) in [5, 5.41) is 8.20. The Bertz CT molecular complexity index is 1660. The number of esters is 4. The van der Waals surface area contributed by atoms with Crippen LogP contribution in [0, 0.1) is 0 Å². The smallest absolute Gasteiger partial charge is 0.303 e. The maximum atomic E-state index is 13.8. The second-order valence-corrected chi connectivity index (χ2v) is 10.2. The van der Waals surface area contributed by atoms with Crippen LogP contribution in [0.15, 0.2) is 84.9 Å². The molecule has 4 aromatic carbocycles. The number of carbonyl (C=O) groups is 6. The van der Waals surface area contributed by atoms with Gasteiger partial charge >= 0.3 is 23.9 Å². The first-order chi connectivity index (χ1) is 21.9. The summed E-state index contributed by atoms with van der Waals surface area (Å²) in [7, 11) is 0. The third kappa shape index (κ3) is 8.23. The van der Waals surface area contributed by atoms with Gasteiger partial charge in [0.2, 0.25) is 12.2 Å². The molecule has 4 atom stereocenters. The van der Waals surface area contributed by atoms with Crippen molar-refractivity contribution in [1.29, 1.82) is 0 Å². The van der Waals surface area contributed by atoms with Gasteiger partial charge in [-0.25, -0.2) is 0 Å². The molecule has 12 nitrogen and oxygen atoms in total. The Morgan fingerprint density at radius 1 is 0.457 bits per heavy atom. The van der Waals surface area contributed by atoms with Gasteiger partial charge in [0.1, 0.15) is 0 Å². The fourth-order valence-electron chi connectivity index (χ4n) is 4.96. The molecule has 238 valence electrons. The maximum Gasteiger partial charge on any atom is 0.303 e. The van der Waals surface area contributed by atoms with Crippen LogP contribution < -0.4 is 10.6 Å². The minimum Gasteiger partial charge on any atom is -0.454 e. The van der Waals surface area contributed by atoms with Gasteiger partial charge in [-0.05, 0) is 22.9 Å². The van der Waals surface area contributed by atoms with Crippen LogP contribution in [0.4, 0.5) is 11.4 Å². The van der Waals surface area contributed by atoms with Crippen molar-refractivity contribution in [3.8, 4) is 0 Å². The average molecular weight is 629 g/mol. The molecule has 0 bridgehead atoms. The summed E-state index contributed by atoms with van der Waals surface area (Å²) in [6, 6.07) is 24.6. The van der Waals surface area contributed by atoms with Gasteiger partial charge in [-0.2, -0.15) is 0 Å². The predicted molar refractivity (Wildman–Crippen MR) is 167 cm³/mol. The van der Waals surface area contributed by atoms with Crippen LogP contribution >= 0.6 is 0 Å². The second-order valence-electron chi connectivity index (χ2n) is 10.2. The molecular formula is C34H32N2O10. The van der Waals surface area contributed by atoms with E-state index in [1.54, 1.807) is 48.5 Å². The van der Waals surface area contributed by atoms with Crippen molar-refractivity contribution >= 4 is 68.6 Å². The third-order valence-electron chi connectivity index (χ3n) is 6.72. The van der Waals surface area contributed by atoms with E-state index in [1.165, 1.54) is 0 Å². The Morgan fingerprint density at radius 2 is 0.783 bits per heavy atom. The normalized spacial score (nSPS) is 13.4. The van der Waals surface area contributed by atoms with Gasteiger partial charge in [0, 0.05) is 49.8 Å². The van der Waals surface area contributed by atoms with E-state index in [0.717, 1.165) is 38.5 Å².